The molecule has 2 aromatic rings. The summed E-state index contributed by atoms with van der Waals surface area (Å²) < 4.78 is 4.60. The number of benzene rings is 2. The number of nitrogens with zero attached hydrogens (tertiary/aromatic N) is 2. The molecule has 0 saturated carbocycles. The average Bonchev–Trinajstić information content (AvgIpc) is 3.26. The maximum atomic E-state index is 12.6. The van der Waals surface area contributed by atoms with Gasteiger partial charge in [-0.3, -0.25) is 19.3 Å². The van der Waals surface area contributed by atoms with Gasteiger partial charge in [-0.2, -0.15) is 0 Å². The fourth-order valence-electron chi connectivity index (χ4n) is 4.26. The Morgan fingerprint density at radius 2 is 1.91 bits per heavy atom. The molecule has 1 atom stereocenters. The van der Waals surface area contributed by atoms with Gasteiger partial charge in [0.05, 0.1) is 20.2 Å². The number of carbonyl (C=O) groups is 3. The van der Waals surface area contributed by atoms with E-state index in [1.807, 2.05) is 23.1 Å². The number of likely N-dealkylation sites (N-methyl/N-ethyl adjacent to an activating group) is 1. The van der Waals surface area contributed by atoms with E-state index in [1.165, 1.54) is 7.11 Å². The number of nitrogens with one attached hydrogen (secondary N) is 2. The molecule has 0 spiro atoms. The van der Waals surface area contributed by atoms with Crippen LogP contribution in [0.5, 0.6) is 0 Å². The molecule has 1 unspecified atom stereocenters. The van der Waals surface area contributed by atoms with Crippen LogP contribution in [0.3, 0.4) is 0 Å². The van der Waals surface area contributed by atoms with Crippen LogP contribution in [0.2, 0.25) is 0 Å². The molecule has 0 bridgehead atoms. The highest BCUT2D eigenvalue weighted by Gasteiger charge is 2.30. The minimum atomic E-state index is -0.487. The van der Waals surface area contributed by atoms with Gasteiger partial charge < -0.3 is 20.3 Å². The smallest absolute Gasteiger partial charge is 0.325 e. The Balaban J connectivity index is 1.76. The van der Waals surface area contributed by atoms with Crippen molar-refractivity contribution in [3.05, 3.63) is 48.0 Å². The summed E-state index contributed by atoms with van der Waals surface area (Å²) in [6.45, 7) is 2.17. The SMILES string of the molecule is CNCC(=O)N1CCCC1CN(CC(=O)NCC(=O)OC)Cc1cccc2ccccc12. The molecular formula is C24H32N4O4. The second-order valence-corrected chi connectivity index (χ2v) is 8.07. The number of esters is 1. The quantitative estimate of drug-likeness (QED) is 0.539. The van der Waals surface area contributed by atoms with Crippen LogP contribution in [0.25, 0.3) is 10.8 Å². The highest BCUT2D eigenvalue weighted by atomic mass is 16.5. The first kappa shape index (κ1) is 23.7. The van der Waals surface area contributed by atoms with E-state index in [4.69, 9.17) is 0 Å². The Hall–Kier alpha value is -2.97. The fourth-order valence-corrected chi connectivity index (χ4v) is 4.26. The van der Waals surface area contributed by atoms with Gasteiger partial charge >= 0.3 is 5.97 Å². The third-order valence-corrected chi connectivity index (χ3v) is 5.79. The van der Waals surface area contributed by atoms with Crippen LogP contribution in [-0.4, -0.2) is 80.5 Å². The number of methoxy groups -OCH3 is 1. The van der Waals surface area contributed by atoms with Crippen LogP contribution in [0.15, 0.2) is 42.5 Å². The lowest BCUT2D eigenvalue weighted by atomic mass is 10.0. The Bertz CT molecular complexity index is 943. The van der Waals surface area contributed by atoms with Crippen molar-refractivity contribution in [1.82, 2.24) is 20.4 Å². The third-order valence-electron chi connectivity index (χ3n) is 5.79. The molecule has 8 nitrogen and oxygen atoms in total. The maximum absolute atomic E-state index is 12.6. The molecule has 0 aliphatic carbocycles. The second kappa shape index (κ2) is 11.6. The zero-order chi connectivity index (χ0) is 22.9. The number of hydrogen-bond donors (Lipinski definition) is 2. The van der Waals surface area contributed by atoms with Crippen LogP contribution >= 0.6 is 0 Å². The molecule has 1 saturated heterocycles. The summed E-state index contributed by atoms with van der Waals surface area (Å²) in [5.74, 6) is -0.657. The van der Waals surface area contributed by atoms with Gasteiger partial charge in [0.1, 0.15) is 6.54 Å². The molecule has 172 valence electrons. The van der Waals surface area contributed by atoms with E-state index in [2.05, 4.69) is 44.5 Å². The van der Waals surface area contributed by atoms with Crippen molar-refractivity contribution in [2.45, 2.75) is 25.4 Å². The highest BCUT2D eigenvalue weighted by molar-refractivity contribution is 5.86. The molecule has 1 fully saturated rings. The van der Waals surface area contributed by atoms with Crippen LogP contribution < -0.4 is 10.6 Å². The van der Waals surface area contributed by atoms with Crippen molar-refractivity contribution in [1.29, 1.82) is 0 Å². The van der Waals surface area contributed by atoms with Crippen LogP contribution in [0, 0.1) is 0 Å². The Labute approximate surface area is 188 Å². The molecule has 3 rings (SSSR count). The van der Waals surface area contributed by atoms with Gasteiger partial charge in [0.15, 0.2) is 0 Å². The molecule has 32 heavy (non-hydrogen) atoms. The number of hydrogen-bond acceptors (Lipinski definition) is 6. The first-order valence-corrected chi connectivity index (χ1v) is 11.0. The Morgan fingerprint density at radius 3 is 2.69 bits per heavy atom. The van der Waals surface area contributed by atoms with E-state index >= 15 is 0 Å². The largest absolute Gasteiger partial charge is 0.468 e. The molecule has 8 heteroatoms. The van der Waals surface area contributed by atoms with Gasteiger partial charge in [-0.15, -0.1) is 0 Å². The Kier molecular flexibility index (Phi) is 8.58. The van der Waals surface area contributed by atoms with E-state index in [1.54, 1.807) is 7.05 Å². The predicted molar refractivity (Wildman–Crippen MR) is 123 cm³/mol. The standard InChI is InChI=1S/C24H32N4O4/c1-25-13-23(30)28-12-6-10-20(28)16-27(17-22(29)26-14-24(31)32-2)15-19-9-5-8-18-7-3-4-11-21(18)19/h3-5,7-9,11,20,25H,6,10,12-17H2,1-2H3,(H,26,29). The zero-order valence-corrected chi connectivity index (χ0v) is 18.8. The minimum absolute atomic E-state index is 0.0548. The number of amides is 2. The van der Waals surface area contributed by atoms with E-state index < -0.39 is 5.97 Å². The van der Waals surface area contributed by atoms with Gasteiger partial charge in [0.25, 0.3) is 0 Å². The van der Waals surface area contributed by atoms with E-state index in [-0.39, 0.29) is 30.9 Å². The summed E-state index contributed by atoms with van der Waals surface area (Å²) in [7, 11) is 3.06. The first-order valence-electron chi connectivity index (χ1n) is 11.0. The summed E-state index contributed by atoms with van der Waals surface area (Å²) >= 11 is 0. The first-order chi connectivity index (χ1) is 15.5. The second-order valence-electron chi connectivity index (χ2n) is 8.07. The van der Waals surface area contributed by atoms with Crippen molar-refractivity contribution in [2.24, 2.45) is 0 Å². The van der Waals surface area contributed by atoms with Gasteiger partial charge in [0, 0.05) is 25.7 Å². The minimum Gasteiger partial charge on any atom is -0.468 e. The van der Waals surface area contributed by atoms with Crippen molar-refractivity contribution in [2.75, 3.05) is 46.9 Å². The van der Waals surface area contributed by atoms with Crippen LogP contribution in [0.4, 0.5) is 0 Å². The Morgan fingerprint density at radius 1 is 1.12 bits per heavy atom. The zero-order valence-electron chi connectivity index (χ0n) is 18.8. The summed E-state index contributed by atoms with van der Waals surface area (Å²) in [4.78, 5) is 40.5. The maximum Gasteiger partial charge on any atom is 0.325 e. The number of likely N-dealkylation sites (tertiary alicyclic amines) is 1. The van der Waals surface area contributed by atoms with Crippen molar-refractivity contribution in [3.63, 3.8) is 0 Å². The third kappa shape index (κ3) is 6.27. The van der Waals surface area contributed by atoms with Crippen LogP contribution in [-0.2, 0) is 25.7 Å². The molecule has 0 aromatic heterocycles. The summed E-state index contributed by atoms with van der Waals surface area (Å²) in [6, 6.07) is 14.4. The molecule has 1 aliphatic rings. The van der Waals surface area contributed by atoms with Gasteiger partial charge in [-0.25, -0.2) is 0 Å². The summed E-state index contributed by atoms with van der Waals surface area (Å²) in [6.07, 6.45) is 1.86. The van der Waals surface area contributed by atoms with E-state index in [9.17, 15) is 14.4 Å². The monoisotopic (exact) mass is 440 g/mol. The lowest BCUT2D eigenvalue weighted by molar-refractivity contribution is -0.141. The van der Waals surface area contributed by atoms with Gasteiger partial charge in [-0.1, -0.05) is 42.5 Å². The summed E-state index contributed by atoms with van der Waals surface area (Å²) in [5.41, 5.74) is 1.12. The van der Waals surface area contributed by atoms with E-state index in [0.717, 1.165) is 35.7 Å². The molecule has 1 heterocycles. The lowest BCUT2D eigenvalue weighted by Gasteiger charge is -2.31. The number of fused-ring (bicyclic) bond motifs is 1. The molecule has 2 amide bonds. The van der Waals surface area contributed by atoms with Gasteiger partial charge in [-0.05, 0) is 36.2 Å². The number of carbonyl (C=O) groups excluding carboxylic acids is 3. The molecular weight excluding hydrogens is 408 g/mol. The normalized spacial score (nSPS) is 15.8. The molecule has 1 aliphatic heterocycles. The lowest BCUT2D eigenvalue weighted by Crippen LogP contribution is -2.48. The number of ether oxygens (including phenoxy) is 1. The molecule has 2 N–H and O–H groups in total. The van der Waals surface area contributed by atoms with Crippen LogP contribution in [0.1, 0.15) is 18.4 Å². The molecule has 2 aromatic carbocycles. The fraction of sp³-hybridized carbons (Fsp3) is 0.458. The highest BCUT2D eigenvalue weighted by Crippen LogP contribution is 2.22. The van der Waals surface area contributed by atoms with Crippen molar-refractivity contribution >= 4 is 28.6 Å². The topological polar surface area (TPSA) is 91.0 Å². The molecule has 0 radical (unpaired) electrons. The summed E-state index contributed by atoms with van der Waals surface area (Å²) in [5, 5.41) is 7.84. The predicted octanol–water partition coefficient (Wildman–Crippen LogP) is 1.14. The van der Waals surface area contributed by atoms with Gasteiger partial charge in [0.2, 0.25) is 11.8 Å². The van der Waals surface area contributed by atoms with Crippen molar-refractivity contribution in [3.8, 4) is 0 Å². The van der Waals surface area contributed by atoms with E-state index in [0.29, 0.717) is 19.6 Å². The van der Waals surface area contributed by atoms with Crippen molar-refractivity contribution < 1.29 is 19.1 Å². The number of rotatable bonds is 10. The average molecular weight is 441 g/mol.